The molecule has 41 heavy (non-hydrogen) atoms. The number of anilines is 2. The van der Waals surface area contributed by atoms with Crippen molar-refractivity contribution in [3.63, 3.8) is 0 Å². The lowest BCUT2D eigenvalue weighted by molar-refractivity contribution is -0.0511. The van der Waals surface area contributed by atoms with Gasteiger partial charge in [0.05, 0.1) is 26.2 Å². The van der Waals surface area contributed by atoms with Crippen LogP contribution in [0.5, 0.6) is 0 Å². The highest BCUT2D eigenvalue weighted by molar-refractivity contribution is 5.71. The summed E-state index contributed by atoms with van der Waals surface area (Å²) >= 11 is 0. The summed E-state index contributed by atoms with van der Waals surface area (Å²) in [6.45, 7) is -0.736. The van der Waals surface area contributed by atoms with Gasteiger partial charge in [0.15, 0.2) is 18.0 Å². The van der Waals surface area contributed by atoms with Gasteiger partial charge in [-0.1, -0.05) is 0 Å². The van der Waals surface area contributed by atoms with Crippen LogP contribution >= 0.6 is 0 Å². The van der Waals surface area contributed by atoms with Crippen LogP contribution in [0.15, 0.2) is 25.5 Å². The van der Waals surface area contributed by atoms with Crippen molar-refractivity contribution in [1.82, 2.24) is 29.5 Å². The predicted molar refractivity (Wildman–Crippen MR) is 135 cm³/mol. The van der Waals surface area contributed by atoms with Gasteiger partial charge >= 0.3 is 11.4 Å². The van der Waals surface area contributed by atoms with E-state index in [4.69, 9.17) is 19.7 Å². The Morgan fingerprint density at radius 2 is 1.39 bits per heavy atom. The van der Waals surface area contributed by atoms with Crippen molar-refractivity contribution in [2.45, 2.75) is 49.1 Å². The van der Waals surface area contributed by atoms with E-state index in [-0.39, 0.29) is 29.3 Å². The number of nitrogens with zero attached hydrogens (tertiary/aromatic N) is 4. The molecule has 224 valence electrons. The molecule has 0 spiro atoms. The molecule has 20 heteroatoms. The van der Waals surface area contributed by atoms with Crippen LogP contribution in [0.2, 0.25) is 0 Å². The van der Waals surface area contributed by atoms with Crippen molar-refractivity contribution in [2.75, 3.05) is 36.7 Å². The van der Waals surface area contributed by atoms with E-state index in [1.165, 1.54) is 15.8 Å². The second-order valence-corrected chi connectivity index (χ2v) is 9.63. The molecule has 2 saturated heterocycles. The number of aliphatic hydroxyl groups excluding tert-OH is 6. The van der Waals surface area contributed by atoms with Crippen LogP contribution in [-0.4, -0.2) is 130 Å². The van der Waals surface area contributed by atoms with Gasteiger partial charge in [-0.25, -0.2) is 14.6 Å². The first kappa shape index (κ1) is 28.6. The van der Waals surface area contributed by atoms with Gasteiger partial charge in [0, 0.05) is 7.05 Å². The lowest BCUT2D eigenvalue weighted by atomic mass is 10.1. The molecule has 0 aromatic carbocycles. The Labute approximate surface area is 226 Å². The number of H-pyrrole nitrogens is 4. The summed E-state index contributed by atoms with van der Waals surface area (Å²) < 4.78 is 12.0. The second kappa shape index (κ2) is 10.8. The SMILES string of the molecule is CN1CN([C@@H]2O[C@H](CO)[C@@H](O)[C@H]2O)c2[nH]c(=O)[nH]c(=O)c21.O=c1[nH]c(=O)c2ncn([C@@H]3O[C@H](CO)[C@@H](O)[C@H]3O)c2[nH]1. The van der Waals surface area contributed by atoms with Gasteiger partial charge in [-0.3, -0.25) is 34.1 Å². The molecule has 0 saturated carbocycles. The zero-order chi connectivity index (χ0) is 29.7. The molecule has 6 heterocycles. The summed E-state index contributed by atoms with van der Waals surface area (Å²) in [7, 11) is 1.65. The Bertz CT molecular complexity index is 1650. The number of rotatable bonds is 4. The third-order valence-corrected chi connectivity index (χ3v) is 7.02. The monoisotopic (exact) mass is 584 g/mol. The molecule has 0 unspecified atom stereocenters. The summed E-state index contributed by atoms with van der Waals surface area (Å²) in [6, 6.07) is 0. The maximum atomic E-state index is 11.8. The molecule has 0 aliphatic carbocycles. The summed E-state index contributed by atoms with van der Waals surface area (Å²) in [6.07, 6.45) is -7.84. The molecule has 3 aromatic rings. The first-order valence-electron chi connectivity index (χ1n) is 12.2. The predicted octanol–water partition coefficient (Wildman–Crippen LogP) is -6.26. The van der Waals surface area contributed by atoms with Gasteiger partial charge in [-0.2, -0.15) is 0 Å². The molecule has 3 aromatic heterocycles. The third kappa shape index (κ3) is 4.85. The van der Waals surface area contributed by atoms with E-state index in [0.717, 1.165) is 0 Å². The van der Waals surface area contributed by atoms with Gasteiger partial charge in [0.1, 0.15) is 53.8 Å². The van der Waals surface area contributed by atoms with Crippen molar-refractivity contribution in [3.05, 3.63) is 48.0 Å². The number of imidazole rings is 1. The molecule has 2 fully saturated rings. The van der Waals surface area contributed by atoms with E-state index >= 15 is 0 Å². The van der Waals surface area contributed by atoms with Crippen molar-refractivity contribution >= 4 is 22.7 Å². The van der Waals surface area contributed by atoms with Crippen LogP contribution in [0.25, 0.3) is 11.2 Å². The van der Waals surface area contributed by atoms with E-state index in [1.54, 1.807) is 11.9 Å². The van der Waals surface area contributed by atoms with E-state index in [9.17, 15) is 39.6 Å². The first-order chi connectivity index (χ1) is 19.5. The van der Waals surface area contributed by atoms with Gasteiger partial charge in [0.25, 0.3) is 11.1 Å². The molecule has 0 bridgehead atoms. The topological polar surface area (TPSA) is 296 Å². The fraction of sp³-hybridized carbons (Fsp3) is 0.571. The molecular weight excluding hydrogens is 556 g/mol. The highest BCUT2D eigenvalue weighted by Crippen LogP contribution is 2.35. The Hall–Kier alpha value is -3.89. The quantitative estimate of drug-likeness (QED) is 0.136. The Kier molecular flexibility index (Phi) is 7.56. The largest absolute Gasteiger partial charge is 0.394 e. The molecular formula is C21H28N8O12. The average molecular weight is 584 g/mol. The lowest BCUT2D eigenvalue weighted by Crippen LogP contribution is -2.45. The molecule has 0 radical (unpaired) electrons. The van der Waals surface area contributed by atoms with Gasteiger partial charge in [-0.15, -0.1) is 0 Å². The molecule has 20 nitrogen and oxygen atoms in total. The summed E-state index contributed by atoms with van der Waals surface area (Å²) in [5, 5.41) is 57.6. The minimum atomic E-state index is -1.33. The average Bonchev–Trinajstić information content (AvgIpc) is 3.64. The maximum Gasteiger partial charge on any atom is 0.327 e. The van der Waals surface area contributed by atoms with Gasteiger partial charge in [-0.05, 0) is 0 Å². The normalized spacial score (nSPS) is 31.0. The smallest absolute Gasteiger partial charge is 0.327 e. The highest BCUT2D eigenvalue weighted by Gasteiger charge is 2.48. The van der Waals surface area contributed by atoms with Crippen molar-refractivity contribution in [3.8, 4) is 0 Å². The van der Waals surface area contributed by atoms with Crippen LogP contribution in [0.4, 0.5) is 11.5 Å². The standard InChI is InChI=1S/C11H16N4O6.C10H12N4O6/c1-14-3-15(8-5(14)9(19)13-11(20)12-8)10-7(18)6(17)4(2-16)21-10;15-1-3-5(16)6(17)9(20-3)14-2-11-4-7(14)12-10(19)13-8(4)18/h4,6-7,10,16-18H,2-3H2,1H3,(H2,12,13,19,20);2-3,5-6,9,15-17H,1H2,(H2,12,13,18,19)/t4-,6-,7-,10-;3-,5-,6-,9-/m11/s1. The first-order valence-corrected chi connectivity index (χ1v) is 12.2. The Balaban J connectivity index is 0.000000165. The zero-order valence-electron chi connectivity index (χ0n) is 21.2. The van der Waals surface area contributed by atoms with E-state index in [2.05, 4.69) is 19.9 Å². The summed E-state index contributed by atoms with van der Waals surface area (Å²) in [4.78, 5) is 62.0. The number of fused-ring (bicyclic) bond motifs is 2. The van der Waals surface area contributed by atoms with Crippen LogP contribution in [0, 0.1) is 0 Å². The Morgan fingerprint density at radius 1 is 0.829 bits per heavy atom. The number of hydrogen-bond acceptors (Lipinski definition) is 15. The Morgan fingerprint density at radius 3 is 2.00 bits per heavy atom. The lowest BCUT2D eigenvalue weighted by Gasteiger charge is -2.27. The van der Waals surface area contributed by atoms with Crippen molar-refractivity contribution in [1.29, 1.82) is 0 Å². The molecule has 0 amide bonds. The minimum Gasteiger partial charge on any atom is -0.394 e. The zero-order valence-corrected chi connectivity index (χ0v) is 21.2. The number of aliphatic hydroxyl groups is 6. The molecule has 10 N–H and O–H groups in total. The van der Waals surface area contributed by atoms with E-state index in [1.807, 2.05) is 4.98 Å². The van der Waals surface area contributed by atoms with Crippen molar-refractivity contribution < 1.29 is 40.1 Å². The van der Waals surface area contributed by atoms with E-state index < -0.39 is 84.8 Å². The van der Waals surface area contributed by atoms with Crippen LogP contribution in [0.1, 0.15) is 6.23 Å². The van der Waals surface area contributed by atoms with Crippen molar-refractivity contribution in [2.24, 2.45) is 0 Å². The summed E-state index contributed by atoms with van der Waals surface area (Å²) in [5.74, 6) is 0.209. The van der Waals surface area contributed by atoms with E-state index in [0.29, 0.717) is 0 Å². The molecule has 3 aliphatic rings. The number of aromatic nitrogens is 6. The molecule has 6 rings (SSSR count). The number of hydrogen-bond donors (Lipinski definition) is 10. The number of ether oxygens (including phenoxy) is 2. The molecule has 3 aliphatic heterocycles. The van der Waals surface area contributed by atoms with Gasteiger partial charge in [0.2, 0.25) is 0 Å². The minimum absolute atomic E-state index is 0.0256. The highest BCUT2D eigenvalue weighted by atomic mass is 16.6. The third-order valence-electron chi connectivity index (χ3n) is 7.02. The van der Waals surface area contributed by atoms with Gasteiger partial charge < -0.3 is 49.9 Å². The van der Waals surface area contributed by atoms with Crippen LogP contribution in [0.3, 0.4) is 0 Å². The fourth-order valence-electron chi connectivity index (χ4n) is 5.00. The van der Waals surface area contributed by atoms with Crippen LogP contribution in [-0.2, 0) is 9.47 Å². The number of aromatic amines is 4. The number of nitrogens with one attached hydrogen (secondary N) is 4. The molecule has 8 atom stereocenters. The fourth-order valence-corrected chi connectivity index (χ4v) is 5.00. The summed E-state index contributed by atoms with van der Waals surface area (Å²) in [5.41, 5.74) is -2.34. The second-order valence-electron chi connectivity index (χ2n) is 9.63. The van der Waals surface area contributed by atoms with Crippen LogP contribution < -0.4 is 32.3 Å². The maximum absolute atomic E-state index is 11.8.